The molecule has 35 nitrogen and oxygen atoms in total. The fourth-order valence-corrected chi connectivity index (χ4v) is 9.63. The summed E-state index contributed by atoms with van der Waals surface area (Å²) in [5, 5.41) is 62.6. The van der Waals surface area contributed by atoms with Crippen molar-refractivity contribution < 1.29 is 81.3 Å². The van der Waals surface area contributed by atoms with E-state index in [4.69, 9.17) is 57.1 Å². The van der Waals surface area contributed by atoms with E-state index in [0.717, 1.165) is 23.1 Å². The number of fused-ring (bicyclic) bond motifs is 4. The number of carbonyl (C=O) groups excluding carboxylic acids is 5. The second-order valence-electron chi connectivity index (χ2n) is 20.6. The van der Waals surface area contributed by atoms with Crippen LogP contribution in [0, 0.1) is 11.6 Å². The fourth-order valence-electron chi connectivity index (χ4n) is 8.32. The maximum Gasteiger partial charge on any atom is 0.413 e. The lowest BCUT2D eigenvalue weighted by molar-refractivity contribution is -0.123. The zero-order valence-electron chi connectivity index (χ0n) is 52.7. The summed E-state index contributed by atoms with van der Waals surface area (Å²) < 4.78 is 57.3. The van der Waals surface area contributed by atoms with Crippen molar-refractivity contribution in [1.82, 2.24) is 74.9 Å². The molecule has 41 heteroatoms. The summed E-state index contributed by atoms with van der Waals surface area (Å²) >= 11 is 17.7. The van der Waals surface area contributed by atoms with E-state index in [0.29, 0.717) is 56.1 Å². The third-order valence-corrected chi connectivity index (χ3v) is 15.0. The summed E-state index contributed by atoms with van der Waals surface area (Å²) in [6.07, 6.45) is -1.21. The first kappa shape index (κ1) is 73.8. The van der Waals surface area contributed by atoms with Crippen LogP contribution in [0.1, 0.15) is 85.9 Å². The summed E-state index contributed by atoms with van der Waals surface area (Å²) in [6.45, 7) is 9.59. The van der Waals surface area contributed by atoms with E-state index in [1.54, 1.807) is 89.5 Å². The highest BCUT2D eigenvalue weighted by atomic mass is 79.9. The molecule has 4 aliphatic heterocycles. The van der Waals surface area contributed by atoms with Gasteiger partial charge in [-0.25, -0.2) is 67.1 Å². The van der Waals surface area contributed by atoms with Gasteiger partial charge in [-0.2, -0.15) is 0 Å². The number of carboxylic acid groups (broad SMARTS) is 2. The number of pyridine rings is 6. The maximum absolute atomic E-state index is 13.5. The number of aryl methyl sites for hydroxylation is 3. The van der Waals surface area contributed by atoms with Gasteiger partial charge < -0.3 is 60.3 Å². The molecular formula is C58H54Br2Cl2F2N20O15. The molecule has 4 aliphatic rings. The molecule has 13 heterocycles. The van der Waals surface area contributed by atoms with Gasteiger partial charge >= 0.3 is 18.0 Å². The zero-order valence-corrected chi connectivity index (χ0v) is 57.4. The van der Waals surface area contributed by atoms with Crippen LogP contribution in [0.2, 0.25) is 10.3 Å². The van der Waals surface area contributed by atoms with Crippen molar-refractivity contribution >= 4 is 125 Å². The number of ether oxygens (including phenoxy) is 5. The predicted molar refractivity (Wildman–Crippen MR) is 350 cm³/mol. The molecule has 0 bridgehead atoms. The van der Waals surface area contributed by atoms with Gasteiger partial charge in [0, 0.05) is 38.5 Å². The molecule has 518 valence electrons. The molecule has 0 radical (unpaired) electrons. The molecule has 0 spiro atoms. The normalized spacial score (nSPS) is 16.3. The number of aliphatic hydroxyl groups excluding tert-OH is 1. The van der Waals surface area contributed by atoms with E-state index in [1.807, 2.05) is 0 Å². The van der Waals surface area contributed by atoms with Crippen LogP contribution in [0.4, 0.5) is 42.1 Å². The summed E-state index contributed by atoms with van der Waals surface area (Å²) in [5.74, 6) is -2.52. The highest BCUT2D eigenvalue weighted by Crippen LogP contribution is 2.35. The Balaban J connectivity index is 0.000000161. The summed E-state index contributed by atoms with van der Waals surface area (Å²) in [7, 11) is 4.57. The number of amides is 5. The van der Waals surface area contributed by atoms with E-state index in [-0.39, 0.29) is 84.5 Å². The van der Waals surface area contributed by atoms with Crippen LogP contribution in [-0.4, -0.2) is 156 Å². The molecule has 8 N–H and O–H groups in total. The highest BCUT2D eigenvalue weighted by Gasteiger charge is 2.31. The number of anilines is 5. The van der Waals surface area contributed by atoms with Gasteiger partial charge in [0.25, 0.3) is 23.6 Å². The van der Waals surface area contributed by atoms with Gasteiger partial charge in [0.2, 0.25) is 23.5 Å². The van der Waals surface area contributed by atoms with Crippen LogP contribution >= 0.6 is 55.1 Å². The number of aromatic nitrogens is 15. The SMILES string of the molecule is CC1Oc2nc(-c3nnn(C)c3C(=O)O)ccc2NC1=O.CC1Oc2nc(-c3nnn(C)c3NC(=O)O[C@H](C)c3cc(F)cnc3Cl)ccc2NC1=O.CC1Oc2nc(Br)ccc2NC1=O.CC1Oc2ncccc2NC1=O.C[C@@H](O)c1cc(F)cnc1Cl.Cn1nnc(Br)c1C(=O)O. The molecule has 5 amide bonds. The number of aliphatic hydroxyl groups is 1. The second-order valence-corrected chi connectivity index (χ2v) is 22.9. The van der Waals surface area contributed by atoms with E-state index in [9.17, 15) is 47.4 Å². The molecule has 0 fully saturated rings. The van der Waals surface area contributed by atoms with Gasteiger partial charge in [0.05, 0.1) is 29.9 Å². The Hall–Kier alpha value is -11.0. The zero-order chi connectivity index (χ0) is 72.3. The minimum atomic E-state index is -1.15. The molecule has 0 aliphatic carbocycles. The van der Waals surface area contributed by atoms with Crippen molar-refractivity contribution in [3.05, 3.63) is 133 Å². The van der Waals surface area contributed by atoms with Crippen molar-refractivity contribution in [3.8, 4) is 46.3 Å². The maximum atomic E-state index is 13.5. The largest absolute Gasteiger partial charge is 0.476 e. The summed E-state index contributed by atoms with van der Waals surface area (Å²) in [5.41, 5.74) is 3.67. The van der Waals surface area contributed by atoms with Gasteiger partial charge in [-0.3, -0.25) is 24.5 Å². The second kappa shape index (κ2) is 32.3. The molecule has 0 saturated heterocycles. The first-order valence-corrected chi connectivity index (χ1v) is 30.8. The first-order valence-electron chi connectivity index (χ1n) is 28.5. The van der Waals surface area contributed by atoms with Crippen LogP contribution in [0.5, 0.6) is 23.5 Å². The molecule has 0 aromatic carbocycles. The lowest BCUT2D eigenvalue weighted by Crippen LogP contribution is -2.34. The van der Waals surface area contributed by atoms with E-state index < -0.39 is 66.3 Å². The Labute approximate surface area is 583 Å². The van der Waals surface area contributed by atoms with Gasteiger partial charge in [-0.15, -0.1) is 15.3 Å². The molecule has 13 rings (SSSR count). The molecule has 9 aromatic heterocycles. The van der Waals surface area contributed by atoms with E-state index in [1.165, 1.54) is 43.4 Å². The minimum absolute atomic E-state index is 0.0224. The number of halogens is 6. The topological polar surface area (TPSA) is 456 Å². The fraction of sp³-hybridized carbons (Fsp3) is 0.259. The Bertz CT molecular complexity index is 4550. The number of nitrogens with one attached hydrogen (secondary N) is 5. The smallest absolute Gasteiger partial charge is 0.413 e. The molecule has 6 atom stereocenters. The van der Waals surface area contributed by atoms with Gasteiger partial charge in [0.1, 0.15) is 61.1 Å². The molecule has 4 unspecified atom stereocenters. The van der Waals surface area contributed by atoms with Crippen LogP contribution < -0.4 is 45.5 Å². The van der Waals surface area contributed by atoms with Crippen LogP contribution in [0.15, 0.2) is 88.5 Å². The van der Waals surface area contributed by atoms with Crippen LogP contribution in [0.3, 0.4) is 0 Å². The van der Waals surface area contributed by atoms with Crippen molar-refractivity contribution in [3.63, 3.8) is 0 Å². The monoisotopic (exact) mass is 1540 g/mol. The average Bonchev–Trinajstić information content (AvgIpc) is 1.76. The average molecular weight is 1540 g/mol. The van der Waals surface area contributed by atoms with Crippen LogP contribution in [0.25, 0.3) is 22.8 Å². The number of rotatable bonds is 8. The van der Waals surface area contributed by atoms with Crippen molar-refractivity contribution in [1.29, 1.82) is 0 Å². The number of carbonyl (C=O) groups is 7. The summed E-state index contributed by atoms with van der Waals surface area (Å²) in [4.78, 5) is 103. The molecule has 99 heavy (non-hydrogen) atoms. The minimum Gasteiger partial charge on any atom is -0.476 e. The Morgan fingerprint density at radius 2 is 1.01 bits per heavy atom. The van der Waals surface area contributed by atoms with Crippen molar-refractivity contribution in [2.45, 2.75) is 78.2 Å². The number of aromatic carboxylic acids is 2. The number of hydrogen-bond acceptors (Lipinski definition) is 25. The quantitative estimate of drug-likeness (QED) is 0.0668. The van der Waals surface area contributed by atoms with E-state index in [2.05, 4.69) is 119 Å². The molecule has 9 aromatic rings. The van der Waals surface area contributed by atoms with Gasteiger partial charge in [-0.05, 0) is 134 Å². The van der Waals surface area contributed by atoms with E-state index >= 15 is 0 Å². The Morgan fingerprint density at radius 1 is 0.586 bits per heavy atom. The van der Waals surface area contributed by atoms with Crippen molar-refractivity contribution in [2.24, 2.45) is 21.1 Å². The van der Waals surface area contributed by atoms with Gasteiger partial charge in [-0.1, -0.05) is 38.8 Å². The lowest BCUT2D eigenvalue weighted by atomic mass is 10.2. The highest BCUT2D eigenvalue weighted by molar-refractivity contribution is 9.10. The standard InChI is InChI=1S/C19H17ClFN7O4.C12H11N5O4.C8H7BrN2O2.C8H8N2O2.C7H7ClFNO.C4H4BrN3O2/c1-8(11-6-10(21)7-22-15(11)20)32-19(30)25-16-14(26-27-28(16)3)12-4-5-13-18(24-12)31-9(2)17(29)23-13;1-5-10(18)13-7-4-3-6(14-11(7)21-5)8-9(12(19)20)17(2)16-15-8;1-4-7(12)10-5-2-3-6(9)11-8(5)13-4;1-5-7(11)10-6-3-2-4-9-8(6)12-5;1-4(11)6-2-5(9)3-10-7(6)8;1-8-2(4(9)10)3(5)6-7-8/h4-9H,1-3H3,(H,23,29)(H,25,30);3-5H,1-2H3,(H,13,18)(H,19,20);2-4H,1H3,(H,10,12);2-5H,1H3,(H,10,11);2-4,11H,1H3;1H3,(H,9,10)/t8-,9?;;;;4-;/m1...1./s1. The summed E-state index contributed by atoms with van der Waals surface area (Å²) in [6, 6.07) is 15.6. The number of carboxylic acids is 2. The molecular weight excluding hydrogens is 1490 g/mol. The lowest BCUT2D eigenvalue weighted by Gasteiger charge is -2.22. The number of nitrogens with zero attached hydrogens (tertiary/aromatic N) is 15. The number of hydrogen-bond donors (Lipinski definition) is 8. The Kier molecular flexibility index (Phi) is 24.1. The van der Waals surface area contributed by atoms with Crippen LogP contribution in [-0.2, 0) is 45.1 Å². The first-order chi connectivity index (χ1) is 46.9. The third kappa shape index (κ3) is 18.6. The molecule has 0 saturated carbocycles. The van der Waals surface area contributed by atoms with Gasteiger partial charge in [0.15, 0.2) is 51.9 Å². The Morgan fingerprint density at radius 3 is 1.48 bits per heavy atom. The predicted octanol–water partition coefficient (Wildman–Crippen LogP) is 7.96. The van der Waals surface area contributed by atoms with Crippen molar-refractivity contribution in [2.75, 3.05) is 26.6 Å². The third-order valence-electron chi connectivity index (χ3n) is 13.4.